The van der Waals surface area contributed by atoms with Gasteiger partial charge in [0.2, 0.25) is 10.0 Å². The van der Waals surface area contributed by atoms with Crippen LogP contribution < -0.4 is 14.8 Å². The largest absolute Gasteiger partial charge is 0.497 e. The number of halogens is 1. The van der Waals surface area contributed by atoms with E-state index in [1.54, 1.807) is 13.2 Å². The molecule has 23 heavy (non-hydrogen) atoms. The molecule has 130 valence electrons. The van der Waals surface area contributed by atoms with Gasteiger partial charge in [-0.15, -0.1) is 0 Å². The van der Waals surface area contributed by atoms with Crippen molar-refractivity contribution in [1.29, 1.82) is 0 Å². The summed E-state index contributed by atoms with van der Waals surface area (Å²) in [6.45, 7) is 2.54. The highest BCUT2D eigenvalue weighted by Crippen LogP contribution is 2.30. The Morgan fingerprint density at radius 3 is 2.61 bits per heavy atom. The molecule has 0 aromatic heterocycles. The van der Waals surface area contributed by atoms with E-state index in [2.05, 4.69) is 10.0 Å². The fourth-order valence-corrected chi connectivity index (χ4v) is 4.45. The molecule has 6 nitrogen and oxygen atoms in total. The Labute approximate surface area is 142 Å². The van der Waals surface area contributed by atoms with Crippen LogP contribution in [0.2, 0.25) is 5.02 Å². The fourth-order valence-electron chi connectivity index (χ4n) is 2.78. The van der Waals surface area contributed by atoms with Crippen LogP contribution >= 0.6 is 11.6 Å². The lowest BCUT2D eigenvalue weighted by Crippen LogP contribution is -2.47. The molecule has 1 saturated heterocycles. The summed E-state index contributed by atoms with van der Waals surface area (Å²) in [5.74, 6) is 0.447. The number of rotatable bonds is 7. The minimum absolute atomic E-state index is 0.0278. The second kappa shape index (κ2) is 7.81. The third-order valence-electron chi connectivity index (χ3n) is 4.18. The van der Waals surface area contributed by atoms with Crippen molar-refractivity contribution >= 4 is 21.6 Å². The molecule has 0 amide bonds. The van der Waals surface area contributed by atoms with Crippen molar-refractivity contribution in [2.75, 3.05) is 40.5 Å². The lowest BCUT2D eigenvalue weighted by atomic mass is 9.80. The number of ether oxygens (including phenoxy) is 2. The van der Waals surface area contributed by atoms with Crippen LogP contribution in [0.15, 0.2) is 23.1 Å². The average Bonchev–Trinajstić information content (AvgIpc) is 2.55. The summed E-state index contributed by atoms with van der Waals surface area (Å²) in [5.41, 5.74) is -0.196. The van der Waals surface area contributed by atoms with E-state index in [0.29, 0.717) is 18.9 Å². The number of benzene rings is 1. The topological polar surface area (TPSA) is 76.7 Å². The molecule has 0 spiro atoms. The summed E-state index contributed by atoms with van der Waals surface area (Å²) in [6, 6.07) is 4.57. The Kier molecular flexibility index (Phi) is 6.27. The van der Waals surface area contributed by atoms with Crippen LogP contribution in [0.4, 0.5) is 0 Å². The van der Waals surface area contributed by atoms with Crippen molar-refractivity contribution in [1.82, 2.24) is 10.0 Å². The van der Waals surface area contributed by atoms with Gasteiger partial charge in [0.1, 0.15) is 10.6 Å². The Hall–Kier alpha value is -0.860. The molecule has 2 N–H and O–H groups in total. The number of methoxy groups -OCH3 is 2. The zero-order chi connectivity index (χ0) is 16.9. The molecule has 0 aliphatic carbocycles. The van der Waals surface area contributed by atoms with Crippen LogP contribution in [0.25, 0.3) is 0 Å². The molecule has 0 bridgehead atoms. The maximum atomic E-state index is 12.6. The van der Waals surface area contributed by atoms with Crippen molar-refractivity contribution in [2.24, 2.45) is 5.41 Å². The highest BCUT2D eigenvalue weighted by atomic mass is 35.5. The molecule has 1 aromatic carbocycles. The quantitative estimate of drug-likeness (QED) is 0.771. The predicted molar refractivity (Wildman–Crippen MR) is 89.6 cm³/mol. The van der Waals surface area contributed by atoms with Crippen LogP contribution in [-0.2, 0) is 14.8 Å². The number of hydrogen-bond acceptors (Lipinski definition) is 5. The molecule has 8 heteroatoms. The van der Waals surface area contributed by atoms with E-state index in [9.17, 15) is 8.42 Å². The Morgan fingerprint density at radius 2 is 2.00 bits per heavy atom. The van der Waals surface area contributed by atoms with Gasteiger partial charge in [0.15, 0.2) is 0 Å². The smallest absolute Gasteiger partial charge is 0.242 e. The molecule has 1 aliphatic heterocycles. The predicted octanol–water partition coefficient (Wildman–Crippen LogP) is 1.64. The number of piperidine rings is 1. The summed E-state index contributed by atoms with van der Waals surface area (Å²) < 4.78 is 38.3. The maximum Gasteiger partial charge on any atom is 0.242 e. The van der Waals surface area contributed by atoms with Crippen LogP contribution in [0.1, 0.15) is 12.8 Å². The second-order valence-corrected chi connectivity index (χ2v) is 7.95. The van der Waals surface area contributed by atoms with E-state index < -0.39 is 10.0 Å². The Balaban J connectivity index is 2.17. The van der Waals surface area contributed by atoms with Gasteiger partial charge in [-0.05, 0) is 38.1 Å². The van der Waals surface area contributed by atoms with Gasteiger partial charge in [0.25, 0.3) is 0 Å². The van der Waals surface area contributed by atoms with E-state index in [1.165, 1.54) is 19.2 Å². The monoisotopic (exact) mass is 362 g/mol. The molecular formula is C15H23ClN2O4S. The lowest BCUT2D eigenvalue weighted by Gasteiger charge is -2.37. The molecular weight excluding hydrogens is 340 g/mol. The van der Waals surface area contributed by atoms with Gasteiger partial charge in [0.05, 0.1) is 18.7 Å². The second-order valence-electron chi connectivity index (χ2n) is 5.80. The molecule has 1 aliphatic rings. The first-order chi connectivity index (χ1) is 10.9. The highest BCUT2D eigenvalue weighted by molar-refractivity contribution is 7.89. The minimum Gasteiger partial charge on any atom is -0.497 e. The third-order valence-corrected chi connectivity index (χ3v) is 6.06. The summed E-state index contributed by atoms with van der Waals surface area (Å²) >= 11 is 6.05. The van der Waals surface area contributed by atoms with Gasteiger partial charge in [-0.3, -0.25) is 0 Å². The molecule has 1 fully saturated rings. The molecule has 2 rings (SSSR count). The molecule has 1 heterocycles. The van der Waals surface area contributed by atoms with Crippen LogP contribution in [-0.4, -0.2) is 48.9 Å². The first-order valence-electron chi connectivity index (χ1n) is 7.45. The van der Waals surface area contributed by atoms with Gasteiger partial charge < -0.3 is 14.8 Å². The van der Waals surface area contributed by atoms with Crippen LogP contribution in [0.3, 0.4) is 0 Å². The highest BCUT2D eigenvalue weighted by Gasteiger charge is 2.34. The van der Waals surface area contributed by atoms with Gasteiger partial charge in [-0.25, -0.2) is 13.1 Å². The van der Waals surface area contributed by atoms with E-state index in [0.717, 1.165) is 25.9 Å². The van der Waals surface area contributed by atoms with E-state index >= 15 is 0 Å². The minimum atomic E-state index is -3.72. The van der Waals surface area contributed by atoms with Crippen LogP contribution in [0.5, 0.6) is 5.75 Å². The van der Waals surface area contributed by atoms with Crippen molar-refractivity contribution in [3.63, 3.8) is 0 Å². The van der Waals surface area contributed by atoms with E-state index in [-0.39, 0.29) is 15.3 Å². The zero-order valence-corrected chi connectivity index (χ0v) is 15.0. The first-order valence-corrected chi connectivity index (χ1v) is 9.31. The van der Waals surface area contributed by atoms with Gasteiger partial charge in [-0.1, -0.05) is 11.6 Å². The number of hydrogen-bond donors (Lipinski definition) is 2. The lowest BCUT2D eigenvalue weighted by molar-refractivity contribution is 0.0577. The summed E-state index contributed by atoms with van der Waals surface area (Å²) in [7, 11) is -0.599. The number of nitrogens with one attached hydrogen (secondary N) is 2. The van der Waals surface area contributed by atoms with Crippen LogP contribution in [0, 0.1) is 5.41 Å². The summed E-state index contributed by atoms with van der Waals surface area (Å²) in [4.78, 5) is 0.0278. The standard InChI is InChI=1S/C15H23ClN2O4S/c1-21-11-15(5-7-17-8-6-15)10-18-23(19,20)14-9-12(22-2)3-4-13(14)16/h3-4,9,17-18H,5-8,10-11H2,1-2H3. The van der Waals surface area contributed by atoms with E-state index in [1.807, 2.05) is 0 Å². The normalized spacial score (nSPS) is 17.9. The average molecular weight is 363 g/mol. The summed E-state index contributed by atoms with van der Waals surface area (Å²) in [5, 5.41) is 3.45. The number of sulfonamides is 1. The van der Waals surface area contributed by atoms with Gasteiger partial charge in [-0.2, -0.15) is 0 Å². The van der Waals surface area contributed by atoms with E-state index in [4.69, 9.17) is 21.1 Å². The molecule has 0 radical (unpaired) electrons. The molecule has 0 unspecified atom stereocenters. The van der Waals surface area contributed by atoms with Crippen molar-refractivity contribution in [3.05, 3.63) is 23.2 Å². The van der Waals surface area contributed by atoms with Gasteiger partial charge in [0, 0.05) is 25.1 Å². The van der Waals surface area contributed by atoms with Crippen molar-refractivity contribution < 1.29 is 17.9 Å². The van der Waals surface area contributed by atoms with Crippen molar-refractivity contribution in [3.8, 4) is 5.75 Å². The molecule has 0 atom stereocenters. The Bertz CT molecular complexity index is 625. The van der Waals surface area contributed by atoms with Crippen molar-refractivity contribution in [2.45, 2.75) is 17.7 Å². The molecule has 1 aromatic rings. The maximum absolute atomic E-state index is 12.6. The SMILES string of the molecule is COCC1(CNS(=O)(=O)c2cc(OC)ccc2Cl)CCNCC1. The zero-order valence-electron chi connectivity index (χ0n) is 13.4. The Morgan fingerprint density at radius 1 is 1.30 bits per heavy atom. The molecule has 0 saturated carbocycles. The van der Waals surface area contributed by atoms with Gasteiger partial charge >= 0.3 is 0 Å². The fraction of sp³-hybridized carbons (Fsp3) is 0.600. The summed E-state index contributed by atoms with van der Waals surface area (Å²) in [6.07, 6.45) is 1.71. The first kappa shape index (κ1) is 18.5. The third kappa shape index (κ3) is 4.58.